The number of hydrogen-bond donors (Lipinski definition) is 2. The van der Waals surface area contributed by atoms with Gasteiger partial charge in [-0.2, -0.15) is 0 Å². The van der Waals surface area contributed by atoms with Crippen molar-refractivity contribution in [1.29, 1.82) is 0 Å². The van der Waals surface area contributed by atoms with Gasteiger partial charge in [-0.15, -0.1) is 11.3 Å². The molecule has 0 radical (unpaired) electrons. The Balaban J connectivity index is 2.41. The van der Waals surface area contributed by atoms with Crippen LogP contribution in [0.5, 0.6) is 5.06 Å². The highest BCUT2D eigenvalue weighted by Crippen LogP contribution is 2.35. The largest absolute Gasteiger partial charge is 0.506 e. The summed E-state index contributed by atoms with van der Waals surface area (Å²) in [5, 5.41) is 19.1. The third-order valence-corrected chi connectivity index (χ3v) is 3.05. The first-order chi connectivity index (χ1) is 6.20. The molecule has 1 aromatic heterocycles. The van der Waals surface area contributed by atoms with Crippen molar-refractivity contribution >= 4 is 17.1 Å². The van der Waals surface area contributed by atoms with Crippen molar-refractivity contribution < 1.29 is 10.2 Å². The van der Waals surface area contributed by atoms with Crippen molar-refractivity contribution in [2.24, 2.45) is 0 Å². The molecule has 0 saturated heterocycles. The van der Waals surface area contributed by atoms with Crippen molar-refractivity contribution in [3.8, 4) is 5.06 Å². The molecule has 0 atom stereocenters. The van der Waals surface area contributed by atoms with Gasteiger partial charge in [-0.3, -0.25) is 0 Å². The van der Waals surface area contributed by atoms with E-state index < -0.39 is 0 Å². The third-order valence-electron chi connectivity index (χ3n) is 2.13. The lowest BCUT2D eigenvalue weighted by Gasteiger charge is -2.22. The molecule has 2 rings (SSSR count). The standard InChI is InChI=1S/C9H11NO2S/c1-2-10-4-7(11)6-3-9(12)13-8(6)5-10/h3-4,11-12H,2,5H2,1H3. The molecule has 3 nitrogen and oxygen atoms in total. The number of fused-ring (bicyclic) bond motifs is 1. The highest BCUT2D eigenvalue weighted by Gasteiger charge is 2.18. The SMILES string of the molecule is CCN1C=C(O)c2cc(O)sc2C1. The Hall–Kier alpha value is -1.16. The van der Waals surface area contributed by atoms with Crippen molar-refractivity contribution in [2.45, 2.75) is 13.5 Å². The van der Waals surface area contributed by atoms with E-state index in [1.807, 2.05) is 11.8 Å². The number of aliphatic hydroxyl groups excluding tert-OH is 1. The average molecular weight is 197 g/mol. The minimum atomic E-state index is 0.250. The smallest absolute Gasteiger partial charge is 0.172 e. The topological polar surface area (TPSA) is 43.7 Å². The fourth-order valence-electron chi connectivity index (χ4n) is 1.42. The fraction of sp³-hybridized carbons (Fsp3) is 0.333. The summed E-state index contributed by atoms with van der Waals surface area (Å²) in [4.78, 5) is 3.03. The fourth-order valence-corrected chi connectivity index (χ4v) is 2.36. The second kappa shape index (κ2) is 2.96. The van der Waals surface area contributed by atoms with E-state index in [-0.39, 0.29) is 10.8 Å². The molecule has 1 aliphatic heterocycles. The van der Waals surface area contributed by atoms with Crippen LogP contribution in [0.15, 0.2) is 12.3 Å². The lowest BCUT2D eigenvalue weighted by atomic mass is 10.1. The van der Waals surface area contributed by atoms with Crippen LogP contribution in [0.25, 0.3) is 5.76 Å². The van der Waals surface area contributed by atoms with Gasteiger partial charge >= 0.3 is 0 Å². The van der Waals surface area contributed by atoms with Gasteiger partial charge in [0.25, 0.3) is 0 Å². The average Bonchev–Trinajstić information content (AvgIpc) is 2.46. The maximum Gasteiger partial charge on any atom is 0.172 e. The van der Waals surface area contributed by atoms with Crippen LogP contribution in [0, 0.1) is 0 Å². The summed E-state index contributed by atoms with van der Waals surface area (Å²) in [7, 11) is 0. The number of rotatable bonds is 1. The molecule has 0 aromatic carbocycles. The number of aromatic hydroxyl groups is 1. The van der Waals surface area contributed by atoms with Crippen LogP contribution in [-0.2, 0) is 6.54 Å². The molecule has 4 heteroatoms. The van der Waals surface area contributed by atoms with E-state index in [2.05, 4.69) is 0 Å². The van der Waals surface area contributed by atoms with Crippen LogP contribution in [0.3, 0.4) is 0 Å². The third kappa shape index (κ3) is 1.37. The summed E-state index contributed by atoms with van der Waals surface area (Å²) in [6, 6.07) is 1.61. The van der Waals surface area contributed by atoms with E-state index in [1.54, 1.807) is 12.3 Å². The predicted molar refractivity (Wildman–Crippen MR) is 52.7 cm³/mol. The van der Waals surface area contributed by atoms with Gasteiger partial charge in [0.2, 0.25) is 0 Å². The van der Waals surface area contributed by atoms with Gasteiger partial charge < -0.3 is 15.1 Å². The molecule has 0 unspecified atom stereocenters. The van der Waals surface area contributed by atoms with Crippen molar-refractivity contribution in [2.75, 3.05) is 6.54 Å². The quantitative estimate of drug-likeness (QED) is 0.725. The summed E-state index contributed by atoms with van der Waals surface area (Å²) < 4.78 is 0. The molecule has 0 fully saturated rings. The maximum atomic E-state index is 9.59. The van der Waals surface area contributed by atoms with Gasteiger partial charge in [-0.05, 0) is 6.92 Å². The Labute approximate surface area is 80.5 Å². The zero-order valence-electron chi connectivity index (χ0n) is 7.32. The second-order valence-corrected chi connectivity index (χ2v) is 4.11. The molecule has 0 bridgehead atoms. The molecule has 70 valence electrons. The number of hydrogen-bond acceptors (Lipinski definition) is 4. The van der Waals surface area contributed by atoms with E-state index in [1.165, 1.54) is 11.3 Å². The predicted octanol–water partition coefficient (Wildman–Crippen LogP) is 2.15. The minimum absolute atomic E-state index is 0.250. The van der Waals surface area contributed by atoms with Crippen molar-refractivity contribution in [3.63, 3.8) is 0 Å². The first kappa shape index (κ1) is 8.44. The number of aliphatic hydroxyl groups is 1. The Morgan fingerprint density at radius 2 is 2.31 bits per heavy atom. The molecular weight excluding hydrogens is 186 g/mol. The van der Waals surface area contributed by atoms with Crippen LogP contribution < -0.4 is 0 Å². The van der Waals surface area contributed by atoms with Gasteiger partial charge in [-0.25, -0.2) is 0 Å². The second-order valence-electron chi connectivity index (χ2n) is 3.00. The van der Waals surface area contributed by atoms with E-state index in [4.69, 9.17) is 0 Å². The highest BCUT2D eigenvalue weighted by molar-refractivity contribution is 7.14. The van der Waals surface area contributed by atoms with Gasteiger partial charge in [0, 0.05) is 29.3 Å². The monoisotopic (exact) mass is 197 g/mol. The molecule has 2 N–H and O–H groups in total. The van der Waals surface area contributed by atoms with Gasteiger partial charge in [-0.1, -0.05) is 0 Å². The molecule has 0 spiro atoms. The summed E-state index contributed by atoms with van der Waals surface area (Å²) >= 11 is 1.33. The Morgan fingerprint density at radius 3 is 3.00 bits per heavy atom. The van der Waals surface area contributed by atoms with Crippen LogP contribution in [0.1, 0.15) is 17.4 Å². The molecule has 0 amide bonds. The van der Waals surface area contributed by atoms with Crippen LogP contribution >= 0.6 is 11.3 Å². The first-order valence-electron chi connectivity index (χ1n) is 4.17. The molecule has 0 aliphatic carbocycles. The molecule has 13 heavy (non-hydrogen) atoms. The van der Waals surface area contributed by atoms with E-state index in [0.29, 0.717) is 0 Å². The lowest BCUT2D eigenvalue weighted by Crippen LogP contribution is -2.19. The van der Waals surface area contributed by atoms with E-state index in [9.17, 15) is 10.2 Å². The normalized spacial score (nSPS) is 15.5. The van der Waals surface area contributed by atoms with Crippen LogP contribution in [0.4, 0.5) is 0 Å². The van der Waals surface area contributed by atoms with Gasteiger partial charge in [0.05, 0.1) is 6.54 Å². The number of nitrogens with zero attached hydrogens (tertiary/aromatic N) is 1. The Morgan fingerprint density at radius 1 is 1.54 bits per heavy atom. The Bertz CT molecular complexity index is 356. The summed E-state index contributed by atoms with van der Waals surface area (Å²) in [5.74, 6) is 0.250. The van der Waals surface area contributed by atoms with Crippen molar-refractivity contribution in [1.82, 2.24) is 4.90 Å². The number of thiophene rings is 1. The molecule has 2 heterocycles. The molecule has 1 aromatic rings. The van der Waals surface area contributed by atoms with Gasteiger partial charge in [0.15, 0.2) is 5.06 Å². The zero-order valence-corrected chi connectivity index (χ0v) is 8.14. The van der Waals surface area contributed by atoms with Crippen molar-refractivity contribution in [3.05, 3.63) is 22.7 Å². The van der Waals surface area contributed by atoms with Gasteiger partial charge in [0.1, 0.15) is 5.76 Å². The van der Waals surface area contributed by atoms with E-state index in [0.717, 1.165) is 23.5 Å². The lowest BCUT2D eigenvalue weighted by molar-refractivity contribution is 0.368. The molecular formula is C9H11NO2S. The first-order valence-corrected chi connectivity index (χ1v) is 4.99. The Kier molecular flexibility index (Phi) is 1.92. The zero-order chi connectivity index (χ0) is 9.42. The molecule has 0 saturated carbocycles. The summed E-state index contributed by atoms with van der Waals surface area (Å²) in [5.41, 5.74) is 0.771. The summed E-state index contributed by atoms with van der Waals surface area (Å²) in [6.07, 6.45) is 1.72. The van der Waals surface area contributed by atoms with E-state index >= 15 is 0 Å². The summed E-state index contributed by atoms with van der Waals surface area (Å²) in [6.45, 7) is 3.67. The van der Waals surface area contributed by atoms with Crippen LogP contribution in [-0.4, -0.2) is 21.7 Å². The highest BCUT2D eigenvalue weighted by atomic mass is 32.1. The molecule has 1 aliphatic rings. The van der Waals surface area contributed by atoms with Crippen LogP contribution in [0.2, 0.25) is 0 Å². The maximum absolute atomic E-state index is 9.59. The minimum Gasteiger partial charge on any atom is -0.506 e.